The summed E-state index contributed by atoms with van der Waals surface area (Å²) in [6.45, 7) is 12.2. The van der Waals surface area contributed by atoms with Gasteiger partial charge in [0.1, 0.15) is 43.9 Å². The number of para-hydroxylation sites is 3. The first-order valence-electron chi connectivity index (χ1n) is 17.9. The molecule has 0 bridgehead atoms. The van der Waals surface area contributed by atoms with Gasteiger partial charge < -0.3 is 9.32 Å². The van der Waals surface area contributed by atoms with Crippen LogP contribution in [-0.4, -0.2) is 22.0 Å². The van der Waals surface area contributed by atoms with Crippen molar-refractivity contribution in [1.82, 2.24) is 4.98 Å². The molecule has 3 aliphatic heterocycles. The number of hydrogen-bond donors (Lipinski definition) is 0. The lowest BCUT2D eigenvalue weighted by Gasteiger charge is -2.26. The third kappa shape index (κ3) is 5.10. The van der Waals surface area contributed by atoms with E-state index in [0.29, 0.717) is 5.89 Å². The summed E-state index contributed by atoms with van der Waals surface area (Å²) in [6.07, 6.45) is 0. The number of hydrogen-bond acceptors (Lipinski definition) is 9. The summed E-state index contributed by atoms with van der Waals surface area (Å²) in [5.41, 5.74) is 5.00. The first-order chi connectivity index (χ1) is 25.4. The molecule has 0 fully saturated rings. The monoisotopic (exact) mass is 692 g/mol. The van der Waals surface area contributed by atoms with Gasteiger partial charge in [0.15, 0.2) is 5.58 Å². The Morgan fingerprint density at radius 3 is 1.79 bits per heavy atom. The predicted octanol–water partition coefficient (Wildman–Crippen LogP) is 6.75. The van der Waals surface area contributed by atoms with Gasteiger partial charge in [-0.1, -0.05) is 54.6 Å². The number of nitrogens with zero attached hydrogens (tertiary/aromatic N) is 8. The molecule has 0 saturated carbocycles. The fourth-order valence-electron chi connectivity index (χ4n) is 7.73. The molecule has 9 nitrogen and oxygen atoms in total. The SMILES string of the molecule is CC1(C)N=c2cccc(N(c3ccc(-c4ccc5ccccc5c4)c4c3=NC(C)(C)N=4)c3ccc(-c4nc5ccccc5o4)c4c3=NC(C)(C)N=4)c2=N1. The van der Waals surface area contributed by atoms with E-state index < -0.39 is 17.0 Å². The molecule has 0 aliphatic carbocycles. The van der Waals surface area contributed by atoms with Gasteiger partial charge in [-0.3, -0.25) is 30.0 Å². The van der Waals surface area contributed by atoms with Crippen molar-refractivity contribution in [2.24, 2.45) is 30.0 Å². The maximum atomic E-state index is 6.28. The fourth-order valence-corrected chi connectivity index (χ4v) is 7.73. The van der Waals surface area contributed by atoms with E-state index in [1.54, 1.807) is 0 Å². The summed E-state index contributed by atoms with van der Waals surface area (Å²) in [6, 6.07) is 37.4. The molecule has 258 valence electrons. The van der Waals surface area contributed by atoms with Crippen LogP contribution < -0.4 is 37.0 Å². The lowest BCUT2D eigenvalue weighted by atomic mass is 9.99. The molecule has 53 heavy (non-hydrogen) atoms. The van der Waals surface area contributed by atoms with E-state index in [1.807, 2.05) is 84.0 Å². The van der Waals surface area contributed by atoms with Crippen molar-refractivity contribution in [3.8, 4) is 22.6 Å². The predicted molar refractivity (Wildman–Crippen MR) is 206 cm³/mol. The molecule has 0 radical (unpaired) electrons. The highest BCUT2D eigenvalue weighted by Gasteiger charge is 2.31. The molecule has 6 aromatic carbocycles. The fraction of sp³-hybridized carbons (Fsp3) is 0.205. The average Bonchev–Trinajstić information content (AvgIpc) is 3.87. The first-order valence-corrected chi connectivity index (χ1v) is 17.9. The first kappa shape index (κ1) is 31.4. The van der Waals surface area contributed by atoms with Crippen LogP contribution in [0.15, 0.2) is 144 Å². The van der Waals surface area contributed by atoms with Crippen molar-refractivity contribution in [2.75, 3.05) is 4.90 Å². The number of rotatable bonds is 5. The van der Waals surface area contributed by atoms with Crippen molar-refractivity contribution in [2.45, 2.75) is 58.5 Å². The largest absolute Gasteiger partial charge is 0.436 e. The van der Waals surface area contributed by atoms with E-state index in [2.05, 4.69) is 71.6 Å². The Hall–Kier alpha value is -6.35. The Balaban J connectivity index is 1.27. The molecular weight excluding hydrogens is 657 g/mol. The normalized spacial score (nSPS) is 16.7. The highest BCUT2D eigenvalue weighted by molar-refractivity contribution is 5.88. The summed E-state index contributed by atoms with van der Waals surface area (Å²) < 4.78 is 6.28. The Kier molecular flexibility index (Phi) is 6.42. The van der Waals surface area contributed by atoms with Crippen molar-refractivity contribution >= 4 is 38.9 Å². The molecule has 1 aromatic heterocycles. The van der Waals surface area contributed by atoms with Gasteiger partial charge in [0.05, 0.1) is 33.3 Å². The third-order valence-corrected chi connectivity index (χ3v) is 9.88. The smallest absolute Gasteiger partial charge is 0.229 e. The Bertz CT molecular complexity index is 3090. The van der Waals surface area contributed by atoms with Crippen molar-refractivity contribution < 1.29 is 4.42 Å². The standard InChI is InChI=1S/C44H36N8O/c1-42(2)46-31-15-11-16-32(38(31)49-42)52(34-23-21-29(37-40(34)51-44(5,6)48-37)41-45-30-14-9-10-17-35(30)53-41)33-22-20-28(36-39(33)50-43(3,4)47-36)27-19-18-25-12-7-8-13-26(25)24-27/h7-24H,1-6H3. The summed E-state index contributed by atoms with van der Waals surface area (Å²) in [5.74, 6) is 0.504. The molecule has 0 saturated heterocycles. The van der Waals surface area contributed by atoms with Gasteiger partial charge in [-0.15, -0.1) is 0 Å². The molecule has 0 atom stereocenters. The Labute approximate surface area is 304 Å². The van der Waals surface area contributed by atoms with Crippen LogP contribution in [0.25, 0.3) is 44.5 Å². The molecule has 3 aliphatic rings. The van der Waals surface area contributed by atoms with Crippen molar-refractivity contribution in [3.63, 3.8) is 0 Å². The van der Waals surface area contributed by atoms with E-state index >= 15 is 0 Å². The van der Waals surface area contributed by atoms with E-state index in [4.69, 9.17) is 39.4 Å². The minimum atomic E-state index is -0.713. The van der Waals surface area contributed by atoms with Crippen LogP contribution >= 0.6 is 0 Å². The van der Waals surface area contributed by atoms with Crippen LogP contribution in [0.5, 0.6) is 0 Å². The molecule has 0 spiro atoms. The van der Waals surface area contributed by atoms with Crippen LogP contribution in [0.4, 0.5) is 17.1 Å². The van der Waals surface area contributed by atoms with E-state index in [0.717, 1.165) is 77.0 Å². The summed E-state index contributed by atoms with van der Waals surface area (Å²) in [4.78, 5) is 38.1. The van der Waals surface area contributed by atoms with Crippen molar-refractivity contribution in [1.29, 1.82) is 0 Å². The molecular formula is C44H36N8O. The zero-order chi connectivity index (χ0) is 36.3. The number of oxazole rings is 1. The second kappa shape index (κ2) is 10.8. The topological polar surface area (TPSA) is 103 Å². The number of aromatic nitrogens is 1. The quantitative estimate of drug-likeness (QED) is 0.199. The second-order valence-electron chi connectivity index (χ2n) is 15.3. The van der Waals surface area contributed by atoms with Gasteiger partial charge in [-0.25, -0.2) is 4.98 Å². The molecule has 0 amide bonds. The van der Waals surface area contributed by atoms with Gasteiger partial charge >= 0.3 is 0 Å². The number of benzene rings is 6. The summed E-state index contributed by atoms with van der Waals surface area (Å²) in [7, 11) is 0. The molecule has 0 N–H and O–H groups in total. The third-order valence-electron chi connectivity index (χ3n) is 9.88. The second-order valence-corrected chi connectivity index (χ2v) is 15.3. The van der Waals surface area contributed by atoms with Gasteiger partial charge in [-0.05, 0) is 112 Å². The average molecular weight is 693 g/mol. The molecule has 7 aromatic rings. The highest BCUT2D eigenvalue weighted by atomic mass is 16.3. The van der Waals surface area contributed by atoms with Crippen LogP contribution in [0.2, 0.25) is 0 Å². The molecule has 9 heteroatoms. The van der Waals surface area contributed by atoms with Crippen LogP contribution in [-0.2, 0) is 0 Å². The highest BCUT2D eigenvalue weighted by Crippen LogP contribution is 2.33. The molecule has 4 heterocycles. The lowest BCUT2D eigenvalue weighted by molar-refractivity contribution is 0.548. The Morgan fingerprint density at radius 1 is 0.472 bits per heavy atom. The van der Waals surface area contributed by atoms with Crippen LogP contribution in [0, 0.1) is 0 Å². The van der Waals surface area contributed by atoms with E-state index in [-0.39, 0.29) is 0 Å². The van der Waals surface area contributed by atoms with Gasteiger partial charge in [0.2, 0.25) is 5.89 Å². The molecule has 10 rings (SSSR count). The lowest BCUT2D eigenvalue weighted by Crippen LogP contribution is -2.38. The summed E-state index contributed by atoms with van der Waals surface area (Å²) >= 11 is 0. The van der Waals surface area contributed by atoms with Crippen LogP contribution in [0.3, 0.4) is 0 Å². The van der Waals surface area contributed by atoms with Gasteiger partial charge in [0.25, 0.3) is 0 Å². The van der Waals surface area contributed by atoms with Crippen LogP contribution in [0.1, 0.15) is 41.5 Å². The van der Waals surface area contributed by atoms with Gasteiger partial charge in [-0.2, -0.15) is 0 Å². The van der Waals surface area contributed by atoms with Crippen molar-refractivity contribution in [3.05, 3.63) is 141 Å². The molecule has 0 unspecified atom stereocenters. The van der Waals surface area contributed by atoms with E-state index in [9.17, 15) is 0 Å². The number of fused-ring (bicyclic) bond motifs is 5. The Morgan fingerprint density at radius 2 is 1.06 bits per heavy atom. The zero-order valence-corrected chi connectivity index (χ0v) is 30.4. The minimum Gasteiger partial charge on any atom is -0.436 e. The number of anilines is 3. The maximum Gasteiger partial charge on any atom is 0.229 e. The van der Waals surface area contributed by atoms with E-state index in [1.165, 1.54) is 10.8 Å². The summed E-state index contributed by atoms with van der Waals surface area (Å²) in [5, 5.41) is 7.14. The maximum absolute atomic E-state index is 6.28. The minimum absolute atomic E-state index is 0.504. The zero-order valence-electron chi connectivity index (χ0n) is 30.4. The van der Waals surface area contributed by atoms with Gasteiger partial charge in [0, 0.05) is 5.56 Å².